The quantitative estimate of drug-likeness (QED) is 0.729. The van der Waals surface area contributed by atoms with Crippen molar-refractivity contribution in [2.45, 2.75) is 71.0 Å². The van der Waals surface area contributed by atoms with Gasteiger partial charge in [-0.05, 0) is 47.0 Å². The zero-order chi connectivity index (χ0) is 13.6. The molecule has 0 aromatic carbocycles. The highest BCUT2D eigenvalue weighted by atomic mass is 16.7. The molecule has 2 rings (SSSR count). The fourth-order valence-electron chi connectivity index (χ4n) is 2.47. The summed E-state index contributed by atoms with van der Waals surface area (Å²) in [6.45, 7) is 12.8. The predicted molar refractivity (Wildman–Crippen MR) is 74.7 cm³/mol. The molecule has 0 radical (unpaired) electrons. The Bertz CT molecular complexity index is 328. The van der Waals surface area contributed by atoms with E-state index in [1.165, 1.54) is 0 Å². The minimum Gasteiger partial charge on any atom is -0.403 e. The first-order valence-corrected chi connectivity index (χ1v) is 6.87. The van der Waals surface area contributed by atoms with Crippen molar-refractivity contribution < 1.29 is 9.31 Å². The second-order valence-corrected chi connectivity index (χ2v) is 6.61. The monoisotopic (exact) mass is 252 g/mol. The molecule has 18 heavy (non-hydrogen) atoms. The van der Waals surface area contributed by atoms with Crippen LogP contribution in [0.3, 0.4) is 0 Å². The van der Waals surface area contributed by atoms with Crippen molar-refractivity contribution in [3.05, 3.63) is 0 Å². The number of nitrogens with one attached hydrogen (secondary N) is 1. The predicted octanol–water partition coefficient (Wildman–Crippen LogP) is 2.45. The number of rotatable bonds is 1. The van der Waals surface area contributed by atoms with Gasteiger partial charge in [-0.2, -0.15) is 5.10 Å². The van der Waals surface area contributed by atoms with Crippen LogP contribution in [0.4, 0.5) is 0 Å². The van der Waals surface area contributed by atoms with Gasteiger partial charge in [-0.3, -0.25) is 0 Å². The maximum atomic E-state index is 6.17. The molecule has 3 atom stereocenters. The molecule has 0 saturated carbocycles. The Morgan fingerprint density at radius 3 is 2.28 bits per heavy atom. The fourth-order valence-corrected chi connectivity index (χ4v) is 2.47. The molecule has 0 aromatic heterocycles. The van der Waals surface area contributed by atoms with Crippen molar-refractivity contribution in [3.63, 3.8) is 0 Å². The third-order valence-electron chi connectivity index (χ3n) is 4.83. The first-order chi connectivity index (χ1) is 8.24. The first kappa shape index (κ1) is 13.9. The van der Waals surface area contributed by atoms with Crippen LogP contribution >= 0.6 is 0 Å². The van der Waals surface area contributed by atoms with E-state index in [1.54, 1.807) is 0 Å². The van der Waals surface area contributed by atoms with E-state index in [0.29, 0.717) is 17.8 Å². The summed E-state index contributed by atoms with van der Waals surface area (Å²) in [7, 11) is -0.140. The third-order valence-corrected chi connectivity index (χ3v) is 4.83. The summed E-state index contributed by atoms with van der Waals surface area (Å²) in [5, 5.41) is 4.21. The zero-order valence-electron chi connectivity index (χ0n) is 12.4. The van der Waals surface area contributed by atoms with Crippen molar-refractivity contribution in [1.29, 1.82) is 0 Å². The van der Waals surface area contributed by atoms with E-state index in [2.05, 4.69) is 52.1 Å². The number of hydrazone groups is 1. The maximum absolute atomic E-state index is 6.17. The summed E-state index contributed by atoms with van der Waals surface area (Å²) in [5.41, 5.74) is 2.64. The van der Waals surface area contributed by atoms with Gasteiger partial charge in [-0.1, -0.05) is 6.92 Å². The standard InChI is InChI=1S/C13H25BN2O2/c1-9-10(2)16-15-8-7-11(9)14-17-12(3,4)13(5,6)18-14/h8-11,16H,7H2,1-6H3/t9-,10+,11?/m0/s1. The van der Waals surface area contributed by atoms with Crippen LogP contribution in [0.25, 0.3) is 0 Å². The van der Waals surface area contributed by atoms with Crippen molar-refractivity contribution in [3.8, 4) is 0 Å². The lowest BCUT2D eigenvalue weighted by Crippen LogP contribution is -2.41. The van der Waals surface area contributed by atoms with Gasteiger partial charge >= 0.3 is 7.12 Å². The largest absolute Gasteiger partial charge is 0.461 e. The van der Waals surface area contributed by atoms with Gasteiger partial charge in [-0.15, -0.1) is 0 Å². The molecule has 1 unspecified atom stereocenters. The van der Waals surface area contributed by atoms with E-state index in [9.17, 15) is 0 Å². The highest BCUT2D eigenvalue weighted by Crippen LogP contribution is 2.43. The molecule has 2 aliphatic heterocycles. The van der Waals surface area contributed by atoms with Crippen molar-refractivity contribution in [1.82, 2.24) is 5.43 Å². The average molecular weight is 252 g/mol. The van der Waals surface area contributed by atoms with Gasteiger partial charge in [0, 0.05) is 18.1 Å². The third kappa shape index (κ3) is 2.30. The van der Waals surface area contributed by atoms with Crippen LogP contribution in [-0.4, -0.2) is 30.6 Å². The zero-order valence-corrected chi connectivity index (χ0v) is 12.4. The van der Waals surface area contributed by atoms with Crippen LogP contribution in [0.1, 0.15) is 48.0 Å². The smallest absolute Gasteiger partial charge is 0.403 e. The first-order valence-electron chi connectivity index (χ1n) is 6.87. The van der Waals surface area contributed by atoms with Crippen LogP contribution in [0.15, 0.2) is 5.10 Å². The minimum atomic E-state index is -0.252. The normalized spacial score (nSPS) is 38.3. The fraction of sp³-hybridized carbons (Fsp3) is 0.923. The van der Waals surface area contributed by atoms with E-state index in [0.717, 1.165) is 6.42 Å². The van der Waals surface area contributed by atoms with Gasteiger partial charge < -0.3 is 14.7 Å². The molecule has 1 fully saturated rings. The van der Waals surface area contributed by atoms with E-state index in [1.807, 2.05) is 6.21 Å². The Kier molecular flexibility index (Phi) is 3.49. The Hall–Kier alpha value is -0.545. The molecule has 0 amide bonds. The summed E-state index contributed by atoms with van der Waals surface area (Å²) in [6, 6.07) is 0.341. The Morgan fingerprint density at radius 2 is 1.72 bits per heavy atom. The Labute approximate surface area is 111 Å². The summed E-state index contributed by atoms with van der Waals surface area (Å²) in [5.74, 6) is 0.807. The highest BCUT2D eigenvalue weighted by molar-refractivity contribution is 6.48. The van der Waals surface area contributed by atoms with E-state index >= 15 is 0 Å². The molecule has 102 valence electrons. The molecule has 0 spiro atoms. The summed E-state index contributed by atoms with van der Waals surface area (Å²) in [4.78, 5) is 0. The van der Waals surface area contributed by atoms with Crippen LogP contribution in [0.5, 0.6) is 0 Å². The van der Waals surface area contributed by atoms with Crippen molar-refractivity contribution in [2.24, 2.45) is 11.0 Å². The molecule has 0 bridgehead atoms. The topological polar surface area (TPSA) is 42.9 Å². The van der Waals surface area contributed by atoms with Crippen LogP contribution in [-0.2, 0) is 9.31 Å². The van der Waals surface area contributed by atoms with Crippen LogP contribution in [0, 0.1) is 5.92 Å². The number of hydrogen-bond donors (Lipinski definition) is 1. The van der Waals surface area contributed by atoms with Gasteiger partial charge in [0.05, 0.1) is 11.2 Å². The molecule has 2 aliphatic rings. The lowest BCUT2D eigenvalue weighted by Gasteiger charge is -2.32. The maximum Gasteiger partial charge on any atom is 0.461 e. The van der Waals surface area contributed by atoms with Crippen LogP contribution in [0.2, 0.25) is 5.82 Å². The molecular weight excluding hydrogens is 227 g/mol. The lowest BCUT2D eigenvalue weighted by atomic mass is 9.62. The van der Waals surface area contributed by atoms with E-state index in [-0.39, 0.29) is 18.3 Å². The van der Waals surface area contributed by atoms with Crippen LogP contribution < -0.4 is 5.43 Å². The molecule has 5 heteroatoms. The Balaban J connectivity index is 2.15. The van der Waals surface area contributed by atoms with Gasteiger partial charge in [-0.25, -0.2) is 0 Å². The van der Waals surface area contributed by atoms with E-state index in [4.69, 9.17) is 9.31 Å². The molecular formula is C13H25BN2O2. The summed E-state index contributed by atoms with van der Waals surface area (Å²) in [6.07, 6.45) is 2.84. The molecule has 0 aliphatic carbocycles. The second kappa shape index (κ2) is 4.53. The van der Waals surface area contributed by atoms with Crippen molar-refractivity contribution in [2.75, 3.05) is 0 Å². The summed E-state index contributed by atoms with van der Waals surface area (Å²) >= 11 is 0. The van der Waals surface area contributed by atoms with Gasteiger partial charge in [0.15, 0.2) is 0 Å². The van der Waals surface area contributed by atoms with Crippen molar-refractivity contribution >= 4 is 13.3 Å². The van der Waals surface area contributed by atoms with Gasteiger partial charge in [0.25, 0.3) is 0 Å². The number of hydrogen-bond acceptors (Lipinski definition) is 4. The second-order valence-electron chi connectivity index (χ2n) is 6.61. The SMILES string of the molecule is C[C@@H]1C(B2OC(C)(C)C(C)(C)O2)CC=NN[C@@H]1C. The molecule has 1 N–H and O–H groups in total. The average Bonchev–Trinajstić information content (AvgIpc) is 2.37. The van der Waals surface area contributed by atoms with Gasteiger partial charge in [0.2, 0.25) is 0 Å². The Morgan fingerprint density at radius 1 is 1.17 bits per heavy atom. The minimum absolute atomic E-state index is 0.140. The molecule has 0 aromatic rings. The summed E-state index contributed by atoms with van der Waals surface area (Å²) < 4.78 is 12.3. The molecule has 2 heterocycles. The van der Waals surface area contributed by atoms with E-state index < -0.39 is 0 Å². The molecule has 1 saturated heterocycles. The van der Waals surface area contributed by atoms with Gasteiger partial charge in [0.1, 0.15) is 0 Å². The number of nitrogens with zero attached hydrogens (tertiary/aromatic N) is 1. The highest BCUT2D eigenvalue weighted by Gasteiger charge is 2.54. The molecule has 4 nitrogen and oxygen atoms in total. The lowest BCUT2D eigenvalue weighted by molar-refractivity contribution is 0.00578.